The maximum absolute atomic E-state index is 10.7. The Balaban J connectivity index is 1.82. The average Bonchev–Trinajstić information content (AvgIpc) is 2.23. The third-order valence-electron chi connectivity index (χ3n) is 3.21. The van der Waals surface area contributed by atoms with Crippen LogP contribution in [-0.4, -0.2) is 35.6 Å². The van der Waals surface area contributed by atoms with Crippen molar-refractivity contribution in [1.82, 2.24) is 4.90 Å². The molecule has 0 aliphatic carbocycles. The zero-order valence-corrected chi connectivity index (χ0v) is 9.47. The molecule has 1 aliphatic heterocycles. The molecule has 2 rings (SSSR count). The fraction of sp³-hybridized carbons (Fsp3) is 0.462. The quantitative estimate of drug-likeness (QED) is 0.839. The second-order valence-electron chi connectivity index (χ2n) is 4.57. The van der Waals surface area contributed by atoms with Crippen molar-refractivity contribution in [3.63, 3.8) is 0 Å². The predicted molar refractivity (Wildman–Crippen MR) is 62.4 cm³/mol. The van der Waals surface area contributed by atoms with Gasteiger partial charge in [0.05, 0.1) is 5.92 Å². The largest absolute Gasteiger partial charge is 0.481 e. The smallest absolute Gasteiger partial charge is 0.309 e. The van der Waals surface area contributed by atoms with Crippen LogP contribution in [0.5, 0.6) is 0 Å². The third-order valence-corrected chi connectivity index (χ3v) is 3.21. The van der Waals surface area contributed by atoms with E-state index in [9.17, 15) is 4.79 Å². The highest BCUT2D eigenvalue weighted by Crippen LogP contribution is 2.22. The molecule has 1 atom stereocenters. The minimum Gasteiger partial charge on any atom is -0.481 e. The van der Waals surface area contributed by atoms with Crippen LogP contribution in [0.1, 0.15) is 18.4 Å². The topological polar surface area (TPSA) is 40.5 Å². The summed E-state index contributed by atoms with van der Waals surface area (Å²) in [6.07, 6.45) is 0. The first-order valence-electron chi connectivity index (χ1n) is 5.67. The number of hydrogen-bond acceptors (Lipinski definition) is 2. The molecule has 1 heterocycles. The fourth-order valence-electron chi connectivity index (χ4n) is 2.15. The zero-order chi connectivity index (χ0) is 11.5. The van der Waals surface area contributed by atoms with Crippen LogP contribution in [0, 0.1) is 5.92 Å². The molecule has 3 heteroatoms. The van der Waals surface area contributed by atoms with Crippen LogP contribution in [-0.2, 0) is 4.79 Å². The van der Waals surface area contributed by atoms with Crippen molar-refractivity contribution in [3.05, 3.63) is 35.9 Å². The van der Waals surface area contributed by atoms with Crippen molar-refractivity contribution >= 4 is 5.97 Å². The van der Waals surface area contributed by atoms with Gasteiger partial charge in [-0.05, 0) is 11.5 Å². The van der Waals surface area contributed by atoms with Crippen molar-refractivity contribution in [1.29, 1.82) is 0 Å². The molecule has 86 valence electrons. The molecule has 1 saturated heterocycles. The zero-order valence-electron chi connectivity index (χ0n) is 9.47. The highest BCUT2D eigenvalue weighted by molar-refractivity contribution is 5.71. The summed E-state index contributed by atoms with van der Waals surface area (Å²) in [5.41, 5.74) is 1.32. The van der Waals surface area contributed by atoms with E-state index < -0.39 is 5.97 Å². The molecule has 16 heavy (non-hydrogen) atoms. The number of likely N-dealkylation sites (tertiary alicyclic amines) is 1. The monoisotopic (exact) mass is 219 g/mol. The normalized spacial score (nSPS) is 19.1. The van der Waals surface area contributed by atoms with E-state index in [2.05, 4.69) is 24.0 Å². The van der Waals surface area contributed by atoms with Crippen LogP contribution >= 0.6 is 0 Å². The Morgan fingerprint density at radius 2 is 2.06 bits per heavy atom. The summed E-state index contributed by atoms with van der Waals surface area (Å²) >= 11 is 0. The molecule has 1 N–H and O–H groups in total. The molecule has 0 aromatic heterocycles. The molecule has 3 nitrogen and oxygen atoms in total. The Morgan fingerprint density at radius 3 is 2.62 bits per heavy atom. The Hall–Kier alpha value is -1.35. The van der Waals surface area contributed by atoms with E-state index in [0.29, 0.717) is 19.0 Å². The number of benzene rings is 1. The first kappa shape index (κ1) is 11.1. The lowest BCUT2D eigenvalue weighted by Gasteiger charge is -2.38. The van der Waals surface area contributed by atoms with Crippen LogP contribution in [0.25, 0.3) is 0 Å². The molecule has 0 bridgehead atoms. The highest BCUT2D eigenvalue weighted by atomic mass is 16.4. The van der Waals surface area contributed by atoms with Gasteiger partial charge in [0.15, 0.2) is 0 Å². The highest BCUT2D eigenvalue weighted by Gasteiger charge is 2.32. The number of hydrogen-bond donors (Lipinski definition) is 1. The van der Waals surface area contributed by atoms with E-state index >= 15 is 0 Å². The Labute approximate surface area is 95.7 Å². The van der Waals surface area contributed by atoms with E-state index in [1.807, 2.05) is 18.2 Å². The number of carbonyl (C=O) groups is 1. The Bertz CT molecular complexity index is 357. The van der Waals surface area contributed by atoms with Gasteiger partial charge in [0.1, 0.15) is 0 Å². The SMILES string of the molecule is CC(CN1CC(C(=O)O)C1)c1ccccc1. The second-order valence-corrected chi connectivity index (χ2v) is 4.57. The van der Waals surface area contributed by atoms with Crippen molar-refractivity contribution in [2.75, 3.05) is 19.6 Å². The number of carboxylic acid groups (broad SMARTS) is 1. The van der Waals surface area contributed by atoms with Crippen molar-refractivity contribution in [2.45, 2.75) is 12.8 Å². The van der Waals surface area contributed by atoms with Gasteiger partial charge in [-0.1, -0.05) is 37.3 Å². The van der Waals surface area contributed by atoms with Gasteiger partial charge in [0, 0.05) is 19.6 Å². The average molecular weight is 219 g/mol. The molecule has 0 saturated carbocycles. The summed E-state index contributed by atoms with van der Waals surface area (Å²) in [6, 6.07) is 10.3. The molecule has 0 spiro atoms. The van der Waals surface area contributed by atoms with E-state index in [0.717, 1.165) is 6.54 Å². The van der Waals surface area contributed by atoms with Crippen LogP contribution in [0.4, 0.5) is 0 Å². The molecular weight excluding hydrogens is 202 g/mol. The summed E-state index contributed by atoms with van der Waals surface area (Å²) in [4.78, 5) is 12.9. The number of carboxylic acids is 1. The van der Waals surface area contributed by atoms with Crippen molar-refractivity contribution in [3.8, 4) is 0 Å². The first-order chi connectivity index (χ1) is 7.66. The maximum Gasteiger partial charge on any atom is 0.309 e. The van der Waals surface area contributed by atoms with Gasteiger partial charge in [-0.2, -0.15) is 0 Å². The van der Waals surface area contributed by atoms with Crippen molar-refractivity contribution < 1.29 is 9.90 Å². The summed E-state index contributed by atoms with van der Waals surface area (Å²) in [5.74, 6) is -0.345. The summed E-state index contributed by atoms with van der Waals surface area (Å²) in [5, 5.41) is 8.78. The summed E-state index contributed by atoms with van der Waals surface area (Å²) in [6.45, 7) is 4.54. The molecule has 1 unspecified atom stereocenters. The van der Waals surface area contributed by atoms with Crippen LogP contribution in [0.3, 0.4) is 0 Å². The minimum atomic E-state index is -0.663. The molecule has 1 aliphatic rings. The first-order valence-corrected chi connectivity index (χ1v) is 5.67. The third kappa shape index (κ3) is 2.42. The van der Waals surface area contributed by atoms with Gasteiger partial charge in [-0.3, -0.25) is 4.79 Å². The van der Waals surface area contributed by atoms with E-state index in [-0.39, 0.29) is 5.92 Å². The molecule has 0 amide bonds. The molecular formula is C13H17NO2. The number of nitrogens with zero attached hydrogens (tertiary/aromatic N) is 1. The molecule has 1 fully saturated rings. The Kier molecular flexibility index (Phi) is 3.25. The van der Waals surface area contributed by atoms with Gasteiger partial charge in [-0.15, -0.1) is 0 Å². The van der Waals surface area contributed by atoms with E-state index in [4.69, 9.17) is 5.11 Å². The fourth-order valence-corrected chi connectivity index (χ4v) is 2.15. The second kappa shape index (κ2) is 4.66. The van der Waals surface area contributed by atoms with Crippen molar-refractivity contribution in [2.24, 2.45) is 5.92 Å². The van der Waals surface area contributed by atoms with E-state index in [1.165, 1.54) is 5.56 Å². The van der Waals surface area contributed by atoms with Crippen LogP contribution < -0.4 is 0 Å². The van der Waals surface area contributed by atoms with Gasteiger partial charge >= 0.3 is 5.97 Å². The maximum atomic E-state index is 10.7. The Morgan fingerprint density at radius 1 is 1.44 bits per heavy atom. The van der Waals surface area contributed by atoms with Gasteiger partial charge in [-0.25, -0.2) is 0 Å². The predicted octanol–water partition coefficient (Wildman–Crippen LogP) is 1.81. The number of aliphatic carboxylic acids is 1. The van der Waals surface area contributed by atoms with Crippen LogP contribution in [0.15, 0.2) is 30.3 Å². The van der Waals surface area contributed by atoms with Gasteiger partial charge in [0.2, 0.25) is 0 Å². The lowest BCUT2D eigenvalue weighted by Crippen LogP contribution is -2.51. The molecule has 1 aromatic rings. The number of rotatable bonds is 4. The molecule has 1 aromatic carbocycles. The van der Waals surface area contributed by atoms with E-state index in [1.54, 1.807) is 0 Å². The molecule has 0 radical (unpaired) electrons. The van der Waals surface area contributed by atoms with Gasteiger partial charge < -0.3 is 10.0 Å². The van der Waals surface area contributed by atoms with Crippen LogP contribution in [0.2, 0.25) is 0 Å². The minimum absolute atomic E-state index is 0.150. The van der Waals surface area contributed by atoms with Gasteiger partial charge in [0.25, 0.3) is 0 Å². The summed E-state index contributed by atoms with van der Waals surface area (Å²) < 4.78 is 0. The lowest BCUT2D eigenvalue weighted by atomic mass is 9.95. The summed E-state index contributed by atoms with van der Waals surface area (Å²) in [7, 11) is 0. The lowest BCUT2D eigenvalue weighted by molar-refractivity contribution is -0.147. The standard InChI is InChI=1S/C13H17NO2/c1-10(11-5-3-2-4-6-11)7-14-8-12(9-14)13(15)16/h2-6,10,12H,7-9H2,1H3,(H,15,16).